The van der Waals surface area contributed by atoms with Crippen molar-refractivity contribution in [2.75, 3.05) is 6.26 Å². The summed E-state index contributed by atoms with van der Waals surface area (Å²) in [6, 6.07) is 4.08. The average Bonchev–Trinajstić information content (AvgIpc) is 2.89. The normalized spacial score (nSPS) is 10.9. The van der Waals surface area contributed by atoms with Gasteiger partial charge in [0.15, 0.2) is 0 Å². The van der Waals surface area contributed by atoms with Gasteiger partial charge in [-0.2, -0.15) is 11.8 Å². The Morgan fingerprint density at radius 1 is 1.35 bits per heavy atom. The van der Waals surface area contributed by atoms with E-state index in [1.807, 2.05) is 25.3 Å². The van der Waals surface area contributed by atoms with E-state index in [4.69, 9.17) is 4.42 Å². The standard InChI is InChI=1S/C12H16N2OS2/c1-9-14-7-12(17-9)6-13-5-10-3-4-11(15-10)8-16-2/h3-4,7,13H,5-6,8H2,1-2H3. The average molecular weight is 268 g/mol. The van der Waals surface area contributed by atoms with E-state index in [1.165, 1.54) is 4.88 Å². The smallest absolute Gasteiger partial charge is 0.118 e. The molecule has 2 aromatic heterocycles. The van der Waals surface area contributed by atoms with Gasteiger partial charge in [0.05, 0.1) is 17.3 Å². The number of furan rings is 1. The van der Waals surface area contributed by atoms with E-state index in [0.717, 1.165) is 35.4 Å². The number of hydrogen-bond donors (Lipinski definition) is 1. The number of rotatable bonds is 6. The Balaban J connectivity index is 1.77. The maximum atomic E-state index is 5.67. The van der Waals surface area contributed by atoms with Gasteiger partial charge in [0, 0.05) is 17.6 Å². The van der Waals surface area contributed by atoms with Gasteiger partial charge >= 0.3 is 0 Å². The van der Waals surface area contributed by atoms with Gasteiger partial charge in [-0.1, -0.05) is 0 Å². The molecule has 2 rings (SSSR count). The predicted octanol–water partition coefficient (Wildman–Crippen LogP) is 3.20. The van der Waals surface area contributed by atoms with Crippen molar-refractivity contribution >= 4 is 23.1 Å². The third-order valence-corrected chi connectivity index (χ3v) is 3.76. The molecular formula is C12H16N2OS2. The van der Waals surface area contributed by atoms with Crippen LogP contribution in [0, 0.1) is 6.92 Å². The molecule has 0 aliphatic rings. The number of thioether (sulfide) groups is 1. The van der Waals surface area contributed by atoms with E-state index in [2.05, 4.69) is 16.6 Å². The molecule has 1 N–H and O–H groups in total. The summed E-state index contributed by atoms with van der Waals surface area (Å²) in [5.41, 5.74) is 0. The van der Waals surface area contributed by atoms with Gasteiger partial charge in [-0.05, 0) is 25.3 Å². The minimum absolute atomic E-state index is 0.769. The minimum atomic E-state index is 0.769. The van der Waals surface area contributed by atoms with Gasteiger partial charge in [-0.15, -0.1) is 11.3 Å². The van der Waals surface area contributed by atoms with Crippen LogP contribution in [0.3, 0.4) is 0 Å². The third kappa shape index (κ3) is 3.87. The molecule has 0 aliphatic carbocycles. The predicted molar refractivity (Wildman–Crippen MR) is 73.3 cm³/mol. The first-order chi connectivity index (χ1) is 8.28. The van der Waals surface area contributed by atoms with Crippen LogP contribution in [0.1, 0.15) is 21.4 Å². The summed E-state index contributed by atoms with van der Waals surface area (Å²) in [6.45, 7) is 3.64. The molecule has 0 saturated heterocycles. The molecule has 5 heteroatoms. The number of thiazole rings is 1. The fourth-order valence-electron chi connectivity index (χ4n) is 1.53. The molecule has 0 aromatic carbocycles. The molecule has 3 nitrogen and oxygen atoms in total. The Morgan fingerprint density at radius 2 is 2.18 bits per heavy atom. The monoisotopic (exact) mass is 268 g/mol. The quantitative estimate of drug-likeness (QED) is 0.873. The number of aromatic nitrogens is 1. The van der Waals surface area contributed by atoms with Gasteiger partial charge < -0.3 is 9.73 Å². The van der Waals surface area contributed by atoms with Crippen LogP contribution in [0.2, 0.25) is 0 Å². The van der Waals surface area contributed by atoms with Crippen molar-refractivity contribution in [2.24, 2.45) is 0 Å². The topological polar surface area (TPSA) is 38.1 Å². The summed E-state index contributed by atoms with van der Waals surface area (Å²) < 4.78 is 5.67. The van der Waals surface area contributed by atoms with Crippen LogP contribution in [0.4, 0.5) is 0 Å². The van der Waals surface area contributed by atoms with Gasteiger partial charge in [0.1, 0.15) is 11.5 Å². The van der Waals surface area contributed by atoms with Crippen LogP contribution < -0.4 is 5.32 Å². The fourth-order valence-corrected chi connectivity index (χ4v) is 2.74. The lowest BCUT2D eigenvalue weighted by Crippen LogP contribution is -2.11. The molecule has 0 bridgehead atoms. The van der Waals surface area contributed by atoms with Crippen molar-refractivity contribution in [1.82, 2.24) is 10.3 Å². The van der Waals surface area contributed by atoms with Crippen LogP contribution in [0.15, 0.2) is 22.7 Å². The molecule has 2 aromatic rings. The summed E-state index contributed by atoms with van der Waals surface area (Å²) in [5, 5.41) is 4.47. The molecule has 0 saturated carbocycles. The van der Waals surface area contributed by atoms with E-state index >= 15 is 0 Å². The second kappa shape index (κ2) is 6.23. The molecule has 0 atom stereocenters. The Morgan fingerprint density at radius 3 is 2.88 bits per heavy atom. The van der Waals surface area contributed by atoms with Gasteiger partial charge in [-0.25, -0.2) is 4.98 Å². The fraction of sp³-hybridized carbons (Fsp3) is 0.417. The Hall–Kier alpha value is -0.780. The molecular weight excluding hydrogens is 252 g/mol. The van der Waals surface area contributed by atoms with Gasteiger partial charge in [0.25, 0.3) is 0 Å². The largest absolute Gasteiger partial charge is 0.464 e. The Kier molecular flexibility index (Phi) is 4.65. The highest BCUT2D eigenvalue weighted by Gasteiger charge is 2.02. The first kappa shape index (κ1) is 12.7. The van der Waals surface area contributed by atoms with Crippen molar-refractivity contribution in [1.29, 1.82) is 0 Å². The molecule has 0 unspecified atom stereocenters. The van der Waals surface area contributed by atoms with E-state index in [9.17, 15) is 0 Å². The summed E-state index contributed by atoms with van der Waals surface area (Å²) in [5.74, 6) is 2.98. The van der Waals surface area contributed by atoms with Gasteiger partial charge in [0.2, 0.25) is 0 Å². The summed E-state index contributed by atoms with van der Waals surface area (Å²) in [6.07, 6.45) is 4.00. The molecule has 0 radical (unpaired) electrons. The number of nitrogens with zero attached hydrogens (tertiary/aromatic N) is 1. The van der Waals surface area contributed by atoms with Gasteiger partial charge in [-0.3, -0.25) is 0 Å². The molecule has 0 amide bonds. The lowest BCUT2D eigenvalue weighted by molar-refractivity contribution is 0.460. The SMILES string of the molecule is CSCc1ccc(CNCc2cnc(C)s2)o1. The van der Waals surface area contributed by atoms with E-state index in [0.29, 0.717) is 0 Å². The van der Waals surface area contributed by atoms with E-state index in [-0.39, 0.29) is 0 Å². The highest BCUT2D eigenvalue weighted by atomic mass is 32.2. The van der Waals surface area contributed by atoms with Crippen LogP contribution in [0.25, 0.3) is 0 Å². The number of aryl methyl sites for hydroxylation is 1. The summed E-state index contributed by atoms with van der Waals surface area (Å²) >= 11 is 3.50. The van der Waals surface area contributed by atoms with Crippen molar-refractivity contribution in [3.05, 3.63) is 39.7 Å². The van der Waals surface area contributed by atoms with Crippen LogP contribution in [-0.2, 0) is 18.8 Å². The summed E-state index contributed by atoms with van der Waals surface area (Å²) in [7, 11) is 0. The van der Waals surface area contributed by atoms with Crippen molar-refractivity contribution in [2.45, 2.75) is 25.8 Å². The first-order valence-corrected chi connectivity index (χ1v) is 7.67. The van der Waals surface area contributed by atoms with Crippen LogP contribution >= 0.6 is 23.1 Å². The first-order valence-electron chi connectivity index (χ1n) is 5.46. The number of hydrogen-bond acceptors (Lipinski definition) is 5. The second-order valence-electron chi connectivity index (χ2n) is 3.75. The Labute approximate surface area is 110 Å². The molecule has 2 heterocycles. The van der Waals surface area contributed by atoms with Crippen LogP contribution in [0.5, 0.6) is 0 Å². The summed E-state index contributed by atoms with van der Waals surface area (Å²) in [4.78, 5) is 5.49. The maximum absolute atomic E-state index is 5.67. The maximum Gasteiger partial charge on any atom is 0.118 e. The van der Waals surface area contributed by atoms with Crippen molar-refractivity contribution in [3.8, 4) is 0 Å². The van der Waals surface area contributed by atoms with Crippen molar-refractivity contribution in [3.63, 3.8) is 0 Å². The lowest BCUT2D eigenvalue weighted by Gasteiger charge is -1.99. The zero-order valence-corrected chi connectivity index (χ0v) is 11.7. The zero-order valence-electron chi connectivity index (χ0n) is 10.0. The highest BCUT2D eigenvalue weighted by molar-refractivity contribution is 7.97. The molecule has 0 spiro atoms. The zero-order chi connectivity index (χ0) is 12.1. The molecule has 0 fully saturated rings. The van der Waals surface area contributed by atoms with E-state index < -0.39 is 0 Å². The van der Waals surface area contributed by atoms with Crippen LogP contribution in [-0.4, -0.2) is 11.2 Å². The second-order valence-corrected chi connectivity index (χ2v) is 5.94. The molecule has 17 heavy (non-hydrogen) atoms. The molecule has 92 valence electrons. The Bertz CT molecular complexity index is 465. The van der Waals surface area contributed by atoms with Crippen molar-refractivity contribution < 1.29 is 4.42 Å². The number of nitrogens with one attached hydrogen (secondary N) is 1. The van der Waals surface area contributed by atoms with E-state index in [1.54, 1.807) is 23.1 Å². The minimum Gasteiger partial charge on any atom is -0.464 e. The third-order valence-electron chi connectivity index (χ3n) is 2.27. The highest BCUT2D eigenvalue weighted by Crippen LogP contribution is 2.14. The molecule has 0 aliphatic heterocycles. The lowest BCUT2D eigenvalue weighted by atomic mass is 10.4.